The molecule has 1 saturated carbocycles. The highest BCUT2D eigenvalue weighted by molar-refractivity contribution is 5.92. The van der Waals surface area contributed by atoms with E-state index in [1.807, 2.05) is 12.1 Å². The van der Waals surface area contributed by atoms with Crippen LogP contribution in [0.15, 0.2) is 24.3 Å². The van der Waals surface area contributed by atoms with Crippen LogP contribution in [0.2, 0.25) is 0 Å². The van der Waals surface area contributed by atoms with Crippen molar-refractivity contribution in [1.29, 1.82) is 0 Å². The number of nitrogens with one attached hydrogen (secondary N) is 1. The van der Waals surface area contributed by atoms with Crippen molar-refractivity contribution in [2.45, 2.75) is 31.7 Å². The minimum Gasteiger partial charge on any atom is -0.351 e. The lowest BCUT2D eigenvalue weighted by atomic mass is 10.1. The van der Waals surface area contributed by atoms with E-state index in [1.165, 1.54) is 0 Å². The molecule has 0 bridgehead atoms. The Bertz CT molecular complexity index is 884. The summed E-state index contributed by atoms with van der Waals surface area (Å²) < 4.78 is 0. The number of hydrogen-bond acceptors (Lipinski definition) is 6. The van der Waals surface area contributed by atoms with Crippen molar-refractivity contribution < 1.29 is 14.4 Å². The molecule has 1 aliphatic carbocycles. The lowest BCUT2D eigenvalue weighted by Gasteiger charge is -2.17. The van der Waals surface area contributed by atoms with Crippen LogP contribution in [0.5, 0.6) is 0 Å². The number of likely N-dealkylation sites (tertiary alicyclic amines) is 1. The number of rotatable bonds is 3. The fourth-order valence-electron chi connectivity index (χ4n) is 3.53. The molecule has 8 nitrogen and oxygen atoms in total. The number of benzene rings is 1. The number of hydrogen-bond donors (Lipinski definition) is 1. The molecule has 0 spiro atoms. The van der Waals surface area contributed by atoms with Crippen LogP contribution in [0.1, 0.15) is 36.3 Å². The Balaban J connectivity index is 1.38. The molecule has 1 unspecified atom stereocenters. The molecule has 1 aliphatic heterocycles. The number of para-hydroxylation sites is 1. The average Bonchev–Trinajstić information content (AvgIpc) is 3.30. The molecule has 4 rings (SSSR count). The first-order valence-electron chi connectivity index (χ1n) is 8.81. The maximum Gasteiger partial charge on any atom is 0.293 e. The number of fused-ring (bicyclic) bond motifs is 1. The molecule has 26 heavy (non-hydrogen) atoms. The molecule has 0 radical (unpaired) electrons. The van der Waals surface area contributed by atoms with Crippen LogP contribution in [0, 0.1) is 5.92 Å². The Kier molecular flexibility index (Phi) is 4.32. The second kappa shape index (κ2) is 6.78. The standard InChI is InChI=1S/C18H19N5O3/c24-13-6-5-11(9-13)17(25)19-12-7-8-23(10-12)18(26)16-20-14-3-1-2-4-15(14)21-22-16/h1-4,11-12H,5-10H2,(H,19,25)/t11?,12-/m0/s1. The van der Waals surface area contributed by atoms with Gasteiger partial charge in [0.15, 0.2) is 0 Å². The first-order chi connectivity index (χ1) is 12.6. The van der Waals surface area contributed by atoms with E-state index in [4.69, 9.17) is 0 Å². The van der Waals surface area contributed by atoms with Crippen LogP contribution in [0.3, 0.4) is 0 Å². The smallest absolute Gasteiger partial charge is 0.293 e. The van der Waals surface area contributed by atoms with Gasteiger partial charge in [-0.05, 0) is 25.0 Å². The van der Waals surface area contributed by atoms with Gasteiger partial charge in [-0.25, -0.2) is 4.98 Å². The normalized spacial score (nSPS) is 22.8. The predicted octanol–water partition coefficient (Wildman–Crippen LogP) is 0.725. The van der Waals surface area contributed by atoms with E-state index >= 15 is 0 Å². The van der Waals surface area contributed by atoms with Crippen molar-refractivity contribution >= 4 is 28.6 Å². The lowest BCUT2D eigenvalue weighted by Crippen LogP contribution is -2.41. The second-order valence-electron chi connectivity index (χ2n) is 6.85. The van der Waals surface area contributed by atoms with E-state index in [9.17, 15) is 14.4 Å². The number of carbonyl (C=O) groups excluding carboxylic acids is 3. The monoisotopic (exact) mass is 353 g/mol. The molecule has 2 atom stereocenters. The Morgan fingerprint density at radius 2 is 1.92 bits per heavy atom. The van der Waals surface area contributed by atoms with Crippen molar-refractivity contribution in [3.8, 4) is 0 Å². The van der Waals surface area contributed by atoms with Crippen molar-refractivity contribution in [3.63, 3.8) is 0 Å². The molecule has 1 aromatic heterocycles. The SMILES string of the molecule is O=C1CCC(C(=O)N[C@H]2CCN(C(=O)c3nnc4ccccc4n3)C2)C1. The summed E-state index contributed by atoms with van der Waals surface area (Å²) >= 11 is 0. The first-order valence-corrected chi connectivity index (χ1v) is 8.81. The minimum atomic E-state index is -0.281. The summed E-state index contributed by atoms with van der Waals surface area (Å²) in [5.74, 6) is -0.374. The van der Waals surface area contributed by atoms with E-state index in [2.05, 4.69) is 20.5 Å². The van der Waals surface area contributed by atoms with Gasteiger partial charge in [-0.1, -0.05) is 12.1 Å². The van der Waals surface area contributed by atoms with Crippen molar-refractivity contribution in [2.24, 2.45) is 5.92 Å². The zero-order valence-corrected chi connectivity index (χ0v) is 14.2. The minimum absolute atomic E-state index is 0.0667. The summed E-state index contributed by atoms with van der Waals surface area (Å²) in [6.07, 6.45) is 2.12. The largest absolute Gasteiger partial charge is 0.351 e. The van der Waals surface area contributed by atoms with Crippen molar-refractivity contribution in [1.82, 2.24) is 25.4 Å². The third-order valence-corrected chi connectivity index (χ3v) is 4.99. The Morgan fingerprint density at radius 1 is 1.12 bits per heavy atom. The molecule has 2 amide bonds. The van der Waals surface area contributed by atoms with Gasteiger partial charge in [0, 0.05) is 37.9 Å². The molecule has 2 fully saturated rings. The quantitative estimate of drug-likeness (QED) is 0.872. The van der Waals surface area contributed by atoms with Crippen molar-refractivity contribution in [3.05, 3.63) is 30.1 Å². The van der Waals surface area contributed by atoms with Gasteiger partial charge < -0.3 is 10.2 Å². The molecule has 134 valence electrons. The molecule has 2 aliphatic rings. The van der Waals surface area contributed by atoms with E-state index in [1.54, 1.807) is 17.0 Å². The molecule has 1 aromatic carbocycles. The van der Waals surface area contributed by atoms with Crippen LogP contribution >= 0.6 is 0 Å². The molecule has 2 heterocycles. The van der Waals surface area contributed by atoms with Gasteiger partial charge >= 0.3 is 0 Å². The lowest BCUT2D eigenvalue weighted by molar-refractivity contribution is -0.127. The molecular formula is C18H19N5O3. The second-order valence-corrected chi connectivity index (χ2v) is 6.85. The van der Waals surface area contributed by atoms with E-state index < -0.39 is 0 Å². The third kappa shape index (κ3) is 3.26. The zero-order chi connectivity index (χ0) is 18.1. The van der Waals surface area contributed by atoms with Gasteiger partial charge in [0.2, 0.25) is 11.7 Å². The van der Waals surface area contributed by atoms with E-state index in [-0.39, 0.29) is 35.4 Å². The summed E-state index contributed by atoms with van der Waals surface area (Å²) in [7, 11) is 0. The third-order valence-electron chi connectivity index (χ3n) is 4.99. The summed E-state index contributed by atoms with van der Waals surface area (Å²) in [6, 6.07) is 7.15. The van der Waals surface area contributed by atoms with Gasteiger partial charge in [-0.3, -0.25) is 14.4 Å². The highest BCUT2D eigenvalue weighted by Crippen LogP contribution is 2.23. The number of carbonyl (C=O) groups is 3. The molecular weight excluding hydrogens is 334 g/mol. The molecule has 1 N–H and O–H groups in total. The number of nitrogens with zero attached hydrogens (tertiary/aromatic N) is 4. The number of ketones is 1. The van der Waals surface area contributed by atoms with E-state index in [0.717, 1.165) is 0 Å². The van der Waals surface area contributed by atoms with Gasteiger partial charge in [-0.2, -0.15) is 0 Å². The topological polar surface area (TPSA) is 105 Å². The Labute approximate surface area is 150 Å². The Morgan fingerprint density at radius 3 is 2.69 bits per heavy atom. The summed E-state index contributed by atoms with van der Waals surface area (Å²) in [4.78, 5) is 42.1. The maximum atomic E-state index is 12.6. The fourth-order valence-corrected chi connectivity index (χ4v) is 3.53. The van der Waals surface area contributed by atoms with Crippen LogP contribution in [-0.2, 0) is 9.59 Å². The molecule has 2 aromatic rings. The zero-order valence-electron chi connectivity index (χ0n) is 14.2. The first kappa shape index (κ1) is 16.6. The van der Waals surface area contributed by atoms with Crippen LogP contribution in [0.4, 0.5) is 0 Å². The van der Waals surface area contributed by atoms with Crippen LogP contribution in [-0.4, -0.2) is 56.8 Å². The maximum absolute atomic E-state index is 12.6. The van der Waals surface area contributed by atoms with Crippen LogP contribution in [0.25, 0.3) is 11.0 Å². The molecule has 8 heteroatoms. The van der Waals surface area contributed by atoms with Crippen molar-refractivity contribution in [2.75, 3.05) is 13.1 Å². The predicted molar refractivity (Wildman–Crippen MR) is 92.1 cm³/mol. The fraction of sp³-hybridized carbons (Fsp3) is 0.444. The summed E-state index contributed by atoms with van der Waals surface area (Å²) in [6.45, 7) is 0.949. The van der Waals surface area contributed by atoms with E-state index in [0.29, 0.717) is 49.8 Å². The highest BCUT2D eigenvalue weighted by atomic mass is 16.2. The summed E-state index contributed by atoms with van der Waals surface area (Å²) in [5.41, 5.74) is 1.27. The van der Waals surface area contributed by atoms with Gasteiger partial charge in [0.1, 0.15) is 11.3 Å². The van der Waals surface area contributed by atoms with Gasteiger partial charge in [-0.15, -0.1) is 10.2 Å². The van der Waals surface area contributed by atoms with Gasteiger partial charge in [0.25, 0.3) is 5.91 Å². The van der Waals surface area contributed by atoms with Crippen LogP contribution < -0.4 is 5.32 Å². The highest BCUT2D eigenvalue weighted by Gasteiger charge is 2.33. The number of amides is 2. The number of Topliss-reactive ketones (excluding diaryl/α,β-unsaturated/α-hetero) is 1. The average molecular weight is 353 g/mol. The Hall–Kier alpha value is -2.90. The number of aromatic nitrogens is 3. The van der Waals surface area contributed by atoms with Gasteiger partial charge in [0.05, 0.1) is 5.52 Å². The summed E-state index contributed by atoms with van der Waals surface area (Å²) in [5, 5.41) is 10.9. The molecule has 1 saturated heterocycles.